The molecule has 3 fully saturated rings. The molecule has 1 aliphatic carbocycles. The first kappa shape index (κ1) is 30.8. The number of carboxylic acids is 3. The Balaban J connectivity index is 0.000000289. The van der Waals surface area contributed by atoms with Gasteiger partial charge in [0.2, 0.25) is 0 Å². The Morgan fingerprint density at radius 2 is 1.50 bits per heavy atom. The van der Waals surface area contributed by atoms with E-state index < -0.39 is 36.4 Å². The van der Waals surface area contributed by atoms with Crippen LogP contribution in [0.2, 0.25) is 0 Å². The van der Waals surface area contributed by atoms with Crippen molar-refractivity contribution in [3.8, 4) is 0 Å². The van der Waals surface area contributed by atoms with Gasteiger partial charge in [-0.2, -0.15) is 0 Å². The number of likely N-dealkylation sites (N-methyl/N-ethyl adjacent to an activating group) is 1. The van der Waals surface area contributed by atoms with Crippen molar-refractivity contribution in [3.05, 3.63) is 71.3 Å². The SMILES string of the molecule is CCc1ccccc1C(=O)N[C@H](c1ccccc1)C12CCC(CC1)CN2C.O=C(O)CC(O)(CC(=O)O)C(=O)O. The molecule has 2 saturated heterocycles. The first-order valence-corrected chi connectivity index (χ1v) is 13.5. The van der Waals surface area contributed by atoms with Gasteiger partial charge in [0, 0.05) is 17.6 Å². The smallest absolute Gasteiger partial charge is 0.336 e. The summed E-state index contributed by atoms with van der Waals surface area (Å²) in [5, 5.41) is 37.3. The van der Waals surface area contributed by atoms with Crippen LogP contribution < -0.4 is 5.32 Å². The number of carbonyl (C=O) groups is 4. The molecule has 1 atom stereocenters. The molecule has 0 radical (unpaired) electrons. The lowest BCUT2D eigenvalue weighted by atomic mass is 9.65. The van der Waals surface area contributed by atoms with E-state index in [4.69, 9.17) is 20.4 Å². The molecule has 40 heavy (non-hydrogen) atoms. The third-order valence-corrected chi connectivity index (χ3v) is 8.14. The Labute approximate surface area is 233 Å². The van der Waals surface area contributed by atoms with Gasteiger partial charge in [-0.1, -0.05) is 55.5 Å². The summed E-state index contributed by atoms with van der Waals surface area (Å²) in [7, 11) is 2.24. The topological polar surface area (TPSA) is 164 Å². The summed E-state index contributed by atoms with van der Waals surface area (Å²) in [6.45, 7) is 3.25. The van der Waals surface area contributed by atoms with E-state index in [0.717, 1.165) is 42.9 Å². The van der Waals surface area contributed by atoms with E-state index in [9.17, 15) is 19.2 Å². The number of amides is 1. The molecule has 2 heterocycles. The lowest BCUT2D eigenvalue weighted by Crippen LogP contribution is -2.62. The number of aliphatic carboxylic acids is 3. The van der Waals surface area contributed by atoms with Gasteiger partial charge in [-0.05, 0) is 62.3 Å². The number of nitrogens with zero attached hydrogens (tertiary/aromatic N) is 1. The standard InChI is InChI=1S/C24H30N2O.C6H8O7/c1-3-19-9-7-8-12-21(19)23(27)25-22(20-10-5-4-6-11-20)24-15-13-18(14-16-24)17-26(24)2;7-3(8)1-6(13,5(11)12)2-4(9)10/h4-12,18,22H,3,13-17H2,1-2H3,(H,25,27);13H,1-2H2,(H,7,8)(H,9,10)(H,11,12)/t18?,22-,24?;/m1./s1. The van der Waals surface area contributed by atoms with Crippen molar-refractivity contribution in [2.75, 3.05) is 13.6 Å². The van der Waals surface area contributed by atoms with E-state index in [2.05, 4.69) is 54.5 Å². The van der Waals surface area contributed by atoms with Gasteiger partial charge in [0.25, 0.3) is 5.91 Å². The molecule has 0 unspecified atom stereocenters. The van der Waals surface area contributed by atoms with Crippen LogP contribution in [-0.2, 0) is 20.8 Å². The number of aryl methyl sites for hydroxylation is 1. The Hall–Kier alpha value is -3.76. The summed E-state index contributed by atoms with van der Waals surface area (Å²) >= 11 is 0. The monoisotopic (exact) mass is 554 g/mol. The molecule has 0 spiro atoms. The van der Waals surface area contributed by atoms with Crippen molar-refractivity contribution in [3.63, 3.8) is 0 Å². The molecule has 1 amide bonds. The lowest BCUT2D eigenvalue weighted by Gasteiger charge is -2.57. The van der Waals surface area contributed by atoms with Crippen molar-refractivity contribution < 1.29 is 39.6 Å². The third kappa shape index (κ3) is 7.05. The van der Waals surface area contributed by atoms with Crippen LogP contribution in [0, 0.1) is 5.92 Å². The Bertz CT molecular complexity index is 1190. The number of carbonyl (C=O) groups excluding carboxylic acids is 1. The number of fused-ring (bicyclic) bond motifs is 3. The molecule has 10 nitrogen and oxygen atoms in total. The minimum Gasteiger partial charge on any atom is -0.481 e. The Morgan fingerprint density at radius 3 is 2.00 bits per heavy atom. The molecular formula is C30H38N2O8. The second-order valence-electron chi connectivity index (χ2n) is 10.7. The van der Waals surface area contributed by atoms with Crippen molar-refractivity contribution in [2.24, 2.45) is 5.92 Å². The van der Waals surface area contributed by atoms with E-state index >= 15 is 0 Å². The average Bonchev–Trinajstić information content (AvgIpc) is 2.92. The number of piperidine rings is 2. The molecule has 2 aliphatic heterocycles. The van der Waals surface area contributed by atoms with E-state index in [0.29, 0.717) is 0 Å². The summed E-state index contributed by atoms with van der Waals surface area (Å²) in [4.78, 5) is 46.3. The number of carboxylic acid groups (broad SMARTS) is 3. The molecule has 1 saturated carbocycles. The predicted octanol–water partition coefficient (Wildman–Crippen LogP) is 3.35. The molecule has 5 N–H and O–H groups in total. The van der Waals surface area contributed by atoms with Crippen LogP contribution in [0.5, 0.6) is 0 Å². The number of hydrogen-bond acceptors (Lipinski definition) is 6. The quantitative estimate of drug-likeness (QED) is 0.296. The van der Waals surface area contributed by atoms with Crippen molar-refractivity contribution in [1.29, 1.82) is 0 Å². The van der Waals surface area contributed by atoms with Crippen LogP contribution in [0.3, 0.4) is 0 Å². The van der Waals surface area contributed by atoms with Crippen molar-refractivity contribution in [1.82, 2.24) is 10.2 Å². The van der Waals surface area contributed by atoms with Crippen LogP contribution in [0.15, 0.2) is 54.6 Å². The molecule has 216 valence electrons. The zero-order valence-corrected chi connectivity index (χ0v) is 22.9. The predicted molar refractivity (Wildman–Crippen MR) is 147 cm³/mol. The first-order chi connectivity index (χ1) is 18.9. The third-order valence-electron chi connectivity index (χ3n) is 8.14. The Morgan fingerprint density at radius 1 is 0.950 bits per heavy atom. The molecule has 10 heteroatoms. The lowest BCUT2D eigenvalue weighted by molar-refractivity contribution is -0.170. The number of nitrogens with one attached hydrogen (secondary N) is 1. The van der Waals surface area contributed by atoms with Crippen LogP contribution in [-0.4, -0.2) is 73.9 Å². The van der Waals surface area contributed by atoms with Gasteiger partial charge in [-0.25, -0.2) is 4.79 Å². The molecular weight excluding hydrogens is 516 g/mol. The molecule has 2 aromatic carbocycles. The summed E-state index contributed by atoms with van der Waals surface area (Å²) in [6, 6.07) is 18.5. The highest BCUT2D eigenvalue weighted by Gasteiger charge is 2.50. The van der Waals surface area contributed by atoms with Gasteiger partial charge in [0.05, 0.1) is 18.9 Å². The van der Waals surface area contributed by atoms with Crippen LogP contribution in [0.4, 0.5) is 0 Å². The van der Waals surface area contributed by atoms with Crippen molar-refractivity contribution in [2.45, 2.75) is 69.1 Å². The van der Waals surface area contributed by atoms with Gasteiger partial charge in [-0.15, -0.1) is 0 Å². The fourth-order valence-corrected chi connectivity index (χ4v) is 5.97. The number of hydrogen-bond donors (Lipinski definition) is 5. The Kier molecular flexibility index (Phi) is 10.1. The molecule has 2 bridgehead atoms. The number of rotatable bonds is 10. The van der Waals surface area contributed by atoms with E-state index in [1.54, 1.807) is 0 Å². The van der Waals surface area contributed by atoms with Gasteiger partial charge in [-0.3, -0.25) is 19.3 Å². The second-order valence-corrected chi connectivity index (χ2v) is 10.7. The van der Waals surface area contributed by atoms with Gasteiger partial charge < -0.3 is 25.7 Å². The molecule has 3 aliphatic rings. The van der Waals surface area contributed by atoms with Crippen LogP contribution in [0.1, 0.15) is 73.0 Å². The van der Waals surface area contributed by atoms with Gasteiger partial charge in [0.1, 0.15) is 0 Å². The highest BCUT2D eigenvalue weighted by atomic mass is 16.4. The fraction of sp³-hybridized carbons (Fsp3) is 0.467. The maximum atomic E-state index is 13.3. The fourth-order valence-electron chi connectivity index (χ4n) is 5.97. The van der Waals surface area contributed by atoms with Gasteiger partial charge >= 0.3 is 17.9 Å². The largest absolute Gasteiger partial charge is 0.481 e. The highest BCUT2D eigenvalue weighted by Crippen LogP contribution is 2.49. The second kappa shape index (κ2) is 13.1. The van der Waals surface area contributed by atoms with E-state index in [1.807, 2.05) is 24.3 Å². The summed E-state index contributed by atoms with van der Waals surface area (Å²) in [5.74, 6) is -4.14. The maximum absolute atomic E-state index is 13.3. The average molecular weight is 555 g/mol. The summed E-state index contributed by atoms with van der Waals surface area (Å²) < 4.78 is 0. The minimum absolute atomic E-state index is 0.0161. The minimum atomic E-state index is -2.74. The molecule has 5 rings (SSSR count). The zero-order chi connectivity index (χ0) is 29.5. The number of aliphatic hydroxyl groups is 1. The van der Waals surface area contributed by atoms with E-state index in [-0.39, 0.29) is 17.5 Å². The summed E-state index contributed by atoms with van der Waals surface area (Å²) in [6.07, 6.45) is 3.44. The van der Waals surface area contributed by atoms with E-state index in [1.165, 1.54) is 18.4 Å². The summed E-state index contributed by atoms with van der Waals surface area (Å²) in [5.41, 5.74) is 0.418. The number of benzene rings is 2. The van der Waals surface area contributed by atoms with Gasteiger partial charge in [0.15, 0.2) is 5.60 Å². The van der Waals surface area contributed by atoms with Crippen molar-refractivity contribution >= 4 is 23.8 Å². The van der Waals surface area contributed by atoms with Crippen LogP contribution in [0.25, 0.3) is 0 Å². The first-order valence-electron chi connectivity index (χ1n) is 13.5. The molecule has 0 aromatic heterocycles. The molecule has 2 aromatic rings. The highest BCUT2D eigenvalue weighted by molar-refractivity contribution is 5.96. The van der Waals surface area contributed by atoms with Crippen LogP contribution >= 0.6 is 0 Å². The normalized spacial score (nSPS) is 21.0. The zero-order valence-electron chi connectivity index (χ0n) is 22.9. The maximum Gasteiger partial charge on any atom is 0.336 e.